The van der Waals surface area contributed by atoms with Crippen molar-refractivity contribution < 1.29 is 0 Å². The molecule has 2 unspecified atom stereocenters. The second kappa shape index (κ2) is 6.47. The highest BCUT2D eigenvalue weighted by Crippen LogP contribution is 2.05. The molecule has 0 bridgehead atoms. The fourth-order valence-electron chi connectivity index (χ4n) is 1.34. The Kier molecular flexibility index (Phi) is 6.45. The van der Waals surface area contributed by atoms with Crippen LogP contribution in [-0.2, 0) is 0 Å². The van der Waals surface area contributed by atoms with Crippen LogP contribution in [0.3, 0.4) is 0 Å². The van der Waals surface area contributed by atoms with Gasteiger partial charge in [-0.25, -0.2) is 0 Å². The fourth-order valence-corrected chi connectivity index (χ4v) is 1.34. The third-order valence-electron chi connectivity index (χ3n) is 2.34. The van der Waals surface area contributed by atoms with Crippen molar-refractivity contribution in [2.24, 2.45) is 11.8 Å². The third kappa shape index (κ3) is 6.66. The Labute approximate surface area is 77.9 Å². The van der Waals surface area contributed by atoms with E-state index in [0.717, 1.165) is 11.8 Å². The maximum atomic E-state index is 3.56. The lowest BCUT2D eigenvalue weighted by Crippen LogP contribution is -2.31. The van der Waals surface area contributed by atoms with Gasteiger partial charge in [0.1, 0.15) is 0 Å². The van der Waals surface area contributed by atoms with Crippen LogP contribution in [0.25, 0.3) is 0 Å². The summed E-state index contributed by atoms with van der Waals surface area (Å²) in [5.41, 5.74) is 0. The first-order chi connectivity index (χ1) is 5.56. The fraction of sp³-hybridized carbons (Fsp3) is 1.00. The average molecular weight is 171 g/mol. The highest BCUT2D eigenvalue weighted by Gasteiger charge is 2.05. The summed E-state index contributed by atoms with van der Waals surface area (Å²) in [6, 6.07) is 0.680. The molecule has 1 heteroatoms. The van der Waals surface area contributed by atoms with Crippen LogP contribution in [0.2, 0.25) is 0 Å². The Balaban J connectivity index is 3.36. The van der Waals surface area contributed by atoms with Gasteiger partial charge in [-0.3, -0.25) is 0 Å². The van der Waals surface area contributed by atoms with Crippen LogP contribution in [0.15, 0.2) is 0 Å². The molecular formula is C11H25N. The summed E-state index contributed by atoms with van der Waals surface area (Å²) in [6.45, 7) is 12.6. The largest absolute Gasteiger partial charge is 0.314 e. The highest BCUT2D eigenvalue weighted by molar-refractivity contribution is 4.64. The van der Waals surface area contributed by atoms with Crippen LogP contribution in [-0.4, -0.2) is 12.6 Å². The second-order valence-electron chi connectivity index (χ2n) is 4.45. The Morgan fingerprint density at radius 3 is 2.08 bits per heavy atom. The zero-order valence-corrected chi connectivity index (χ0v) is 9.35. The molecule has 0 aromatic heterocycles. The van der Waals surface area contributed by atoms with E-state index in [0.29, 0.717) is 6.04 Å². The predicted octanol–water partition coefficient (Wildman–Crippen LogP) is 3.06. The van der Waals surface area contributed by atoms with Crippen LogP contribution in [0.5, 0.6) is 0 Å². The third-order valence-corrected chi connectivity index (χ3v) is 2.34. The molecular weight excluding hydrogens is 146 g/mol. The predicted molar refractivity (Wildman–Crippen MR) is 56.4 cm³/mol. The number of nitrogens with one attached hydrogen (secondary N) is 1. The van der Waals surface area contributed by atoms with E-state index in [9.17, 15) is 0 Å². The molecule has 0 aromatic carbocycles. The lowest BCUT2D eigenvalue weighted by molar-refractivity contribution is 0.402. The summed E-state index contributed by atoms with van der Waals surface area (Å²) in [6.07, 6.45) is 2.57. The first kappa shape index (κ1) is 12.0. The molecule has 0 aliphatic rings. The lowest BCUT2D eigenvalue weighted by atomic mass is 10.0. The van der Waals surface area contributed by atoms with Crippen molar-refractivity contribution in [3.8, 4) is 0 Å². The first-order valence-corrected chi connectivity index (χ1v) is 5.29. The van der Waals surface area contributed by atoms with Gasteiger partial charge in [0.25, 0.3) is 0 Å². The van der Waals surface area contributed by atoms with Crippen molar-refractivity contribution in [1.29, 1.82) is 0 Å². The zero-order valence-electron chi connectivity index (χ0n) is 9.35. The summed E-state index contributed by atoms with van der Waals surface area (Å²) < 4.78 is 0. The molecule has 0 aliphatic heterocycles. The van der Waals surface area contributed by atoms with Crippen LogP contribution >= 0.6 is 0 Å². The van der Waals surface area contributed by atoms with E-state index in [1.807, 2.05) is 0 Å². The van der Waals surface area contributed by atoms with E-state index in [4.69, 9.17) is 0 Å². The molecule has 0 saturated heterocycles. The van der Waals surface area contributed by atoms with Crippen LogP contribution < -0.4 is 5.32 Å². The Bertz CT molecular complexity index is 99.2. The second-order valence-corrected chi connectivity index (χ2v) is 4.45. The molecule has 0 amide bonds. The summed E-state index contributed by atoms with van der Waals surface area (Å²) in [4.78, 5) is 0. The molecule has 1 nitrogen and oxygen atoms in total. The minimum Gasteiger partial charge on any atom is -0.314 e. The van der Waals surface area contributed by atoms with Gasteiger partial charge in [-0.2, -0.15) is 0 Å². The Morgan fingerprint density at radius 1 is 1.08 bits per heavy atom. The number of hydrogen-bond donors (Lipinski definition) is 1. The quantitative estimate of drug-likeness (QED) is 0.647. The minimum absolute atomic E-state index is 0.680. The molecule has 0 radical (unpaired) electrons. The maximum Gasteiger partial charge on any atom is 0.00412 e. The maximum absolute atomic E-state index is 3.56. The monoisotopic (exact) mass is 171 g/mol. The van der Waals surface area contributed by atoms with Crippen molar-refractivity contribution in [3.05, 3.63) is 0 Å². The van der Waals surface area contributed by atoms with Crippen LogP contribution in [0.1, 0.15) is 47.5 Å². The van der Waals surface area contributed by atoms with Crippen molar-refractivity contribution >= 4 is 0 Å². The molecule has 74 valence electrons. The minimum atomic E-state index is 0.680. The van der Waals surface area contributed by atoms with Gasteiger partial charge in [0.05, 0.1) is 0 Å². The van der Waals surface area contributed by atoms with Gasteiger partial charge in [-0.05, 0) is 31.7 Å². The molecule has 0 spiro atoms. The summed E-state index contributed by atoms with van der Waals surface area (Å²) in [5, 5.41) is 3.56. The normalized spacial score (nSPS) is 16.5. The van der Waals surface area contributed by atoms with Gasteiger partial charge in [-0.1, -0.05) is 34.1 Å². The van der Waals surface area contributed by atoms with Gasteiger partial charge in [0.2, 0.25) is 0 Å². The van der Waals surface area contributed by atoms with E-state index in [1.54, 1.807) is 0 Å². The summed E-state index contributed by atoms with van der Waals surface area (Å²) in [7, 11) is 0. The standard InChI is InChI=1S/C11H25N/c1-6-10(4)8-12-11(5)7-9(2)3/h9-12H,6-8H2,1-5H3. The van der Waals surface area contributed by atoms with Crippen molar-refractivity contribution in [1.82, 2.24) is 5.32 Å². The molecule has 12 heavy (non-hydrogen) atoms. The van der Waals surface area contributed by atoms with Gasteiger partial charge in [0.15, 0.2) is 0 Å². The van der Waals surface area contributed by atoms with Crippen molar-refractivity contribution in [2.75, 3.05) is 6.54 Å². The average Bonchev–Trinajstić information content (AvgIpc) is 1.99. The molecule has 0 saturated carbocycles. The molecule has 0 heterocycles. The van der Waals surface area contributed by atoms with Crippen LogP contribution in [0.4, 0.5) is 0 Å². The van der Waals surface area contributed by atoms with E-state index >= 15 is 0 Å². The molecule has 0 fully saturated rings. The molecule has 2 atom stereocenters. The summed E-state index contributed by atoms with van der Waals surface area (Å²) in [5.74, 6) is 1.63. The van der Waals surface area contributed by atoms with E-state index < -0.39 is 0 Å². The van der Waals surface area contributed by atoms with E-state index in [-0.39, 0.29) is 0 Å². The zero-order chi connectivity index (χ0) is 9.56. The number of hydrogen-bond acceptors (Lipinski definition) is 1. The van der Waals surface area contributed by atoms with Gasteiger partial charge in [-0.15, -0.1) is 0 Å². The smallest absolute Gasteiger partial charge is 0.00412 e. The highest BCUT2D eigenvalue weighted by atomic mass is 14.9. The molecule has 0 rings (SSSR count). The number of rotatable bonds is 6. The van der Waals surface area contributed by atoms with Gasteiger partial charge >= 0.3 is 0 Å². The SMILES string of the molecule is CCC(C)CNC(C)CC(C)C. The van der Waals surface area contributed by atoms with Gasteiger partial charge in [0, 0.05) is 6.04 Å². The lowest BCUT2D eigenvalue weighted by Gasteiger charge is -2.18. The molecule has 0 aromatic rings. The van der Waals surface area contributed by atoms with Crippen molar-refractivity contribution in [3.63, 3.8) is 0 Å². The van der Waals surface area contributed by atoms with Crippen molar-refractivity contribution in [2.45, 2.75) is 53.5 Å². The van der Waals surface area contributed by atoms with E-state index in [2.05, 4.69) is 39.9 Å². The van der Waals surface area contributed by atoms with Crippen LogP contribution in [0, 0.1) is 11.8 Å². The summed E-state index contributed by atoms with van der Waals surface area (Å²) >= 11 is 0. The van der Waals surface area contributed by atoms with E-state index in [1.165, 1.54) is 19.4 Å². The topological polar surface area (TPSA) is 12.0 Å². The molecule has 1 N–H and O–H groups in total. The Hall–Kier alpha value is -0.0400. The first-order valence-electron chi connectivity index (χ1n) is 5.29. The van der Waals surface area contributed by atoms with Gasteiger partial charge < -0.3 is 5.32 Å². The Morgan fingerprint density at radius 2 is 1.67 bits per heavy atom. The molecule has 0 aliphatic carbocycles.